The maximum atomic E-state index is 12.0. The summed E-state index contributed by atoms with van der Waals surface area (Å²) in [5, 5.41) is 5.61. The third kappa shape index (κ3) is 2.52. The van der Waals surface area contributed by atoms with Crippen molar-refractivity contribution in [3.05, 3.63) is 29.3 Å². The zero-order chi connectivity index (χ0) is 15.0. The van der Waals surface area contributed by atoms with Gasteiger partial charge in [-0.05, 0) is 12.1 Å². The minimum Gasteiger partial charge on any atom is -0.329 e. The third-order valence-corrected chi connectivity index (χ3v) is 3.84. The van der Waals surface area contributed by atoms with Crippen molar-refractivity contribution in [2.24, 2.45) is 0 Å². The Bertz CT molecular complexity index is 599. The van der Waals surface area contributed by atoms with Gasteiger partial charge < -0.3 is 15.5 Å². The number of halogens is 1. The molecule has 8 heteroatoms. The summed E-state index contributed by atoms with van der Waals surface area (Å²) in [7, 11) is 0. The van der Waals surface area contributed by atoms with Gasteiger partial charge in [0.15, 0.2) is 0 Å². The van der Waals surface area contributed by atoms with Crippen molar-refractivity contribution in [3.8, 4) is 0 Å². The van der Waals surface area contributed by atoms with Crippen molar-refractivity contribution in [2.75, 3.05) is 25.0 Å². The first-order chi connectivity index (χ1) is 10.1. The Morgan fingerprint density at radius 1 is 1.29 bits per heavy atom. The molecular formula is C13H13ClN4O3. The van der Waals surface area contributed by atoms with Crippen LogP contribution in [0.15, 0.2) is 24.3 Å². The van der Waals surface area contributed by atoms with Crippen LogP contribution in [0.25, 0.3) is 0 Å². The number of urea groups is 2. The van der Waals surface area contributed by atoms with Crippen molar-refractivity contribution in [2.45, 2.75) is 6.04 Å². The van der Waals surface area contributed by atoms with Crippen molar-refractivity contribution < 1.29 is 14.4 Å². The summed E-state index contributed by atoms with van der Waals surface area (Å²) in [6.07, 6.45) is 0. The smallest absolute Gasteiger partial charge is 0.324 e. The van der Waals surface area contributed by atoms with E-state index in [9.17, 15) is 14.4 Å². The molecule has 1 aromatic rings. The number of imide groups is 1. The summed E-state index contributed by atoms with van der Waals surface area (Å²) in [6.45, 7) is 0.687. The van der Waals surface area contributed by atoms with Gasteiger partial charge in [-0.3, -0.25) is 9.69 Å². The standard InChI is InChI=1S/C13H13ClN4O3/c14-9-3-1-2-4-10(9)16-13(21)17-6-8(7-17)18-11(19)5-15-12(18)20/h1-4,8H,5-7H2,(H,15,20)(H,16,21). The fourth-order valence-corrected chi connectivity index (χ4v) is 2.53. The van der Waals surface area contributed by atoms with Crippen LogP contribution >= 0.6 is 11.6 Å². The first-order valence-corrected chi connectivity index (χ1v) is 6.84. The van der Waals surface area contributed by atoms with Gasteiger partial charge in [0.25, 0.3) is 0 Å². The molecular weight excluding hydrogens is 296 g/mol. The highest BCUT2D eigenvalue weighted by molar-refractivity contribution is 6.33. The number of rotatable bonds is 2. The first kappa shape index (κ1) is 13.7. The molecule has 0 aromatic heterocycles. The van der Waals surface area contributed by atoms with Gasteiger partial charge in [0, 0.05) is 13.1 Å². The second-order valence-corrected chi connectivity index (χ2v) is 5.30. The largest absolute Gasteiger partial charge is 0.329 e. The second kappa shape index (κ2) is 5.25. The normalized spacial score (nSPS) is 18.5. The molecule has 0 spiro atoms. The topological polar surface area (TPSA) is 81.8 Å². The minimum atomic E-state index is -0.392. The predicted molar refractivity (Wildman–Crippen MR) is 76.1 cm³/mol. The fourth-order valence-electron chi connectivity index (χ4n) is 2.35. The molecule has 2 saturated heterocycles. The van der Waals surface area contributed by atoms with Crippen LogP contribution in [0.5, 0.6) is 0 Å². The highest BCUT2D eigenvalue weighted by Crippen LogP contribution is 2.23. The lowest BCUT2D eigenvalue weighted by atomic mass is 10.1. The lowest BCUT2D eigenvalue weighted by Crippen LogP contribution is -2.63. The Kier molecular flexibility index (Phi) is 3.42. The average molecular weight is 309 g/mol. The molecule has 0 bridgehead atoms. The van der Waals surface area contributed by atoms with E-state index in [-0.39, 0.29) is 24.5 Å². The molecule has 5 amide bonds. The van der Waals surface area contributed by atoms with Gasteiger partial charge in [0.05, 0.1) is 23.3 Å². The first-order valence-electron chi connectivity index (χ1n) is 6.46. The van der Waals surface area contributed by atoms with Crippen LogP contribution in [-0.2, 0) is 4.79 Å². The number of nitrogens with one attached hydrogen (secondary N) is 2. The van der Waals surface area contributed by atoms with E-state index in [4.69, 9.17) is 11.6 Å². The number of hydrogen-bond donors (Lipinski definition) is 2. The Morgan fingerprint density at radius 2 is 2.00 bits per heavy atom. The Hall–Kier alpha value is -2.28. The molecule has 0 saturated carbocycles. The van der Waals surface area contributed by atoms with Crippen LogP contribution < -0.4 is 10.6 Å². The quantitative estimate of drug-likeness (QED) is 0.803. The van der Waals surface area contributed by atoms with Gasteiger partial charge in [-0.25, -0.2) is 9.59 Å². The van der Waals surface area contributed by atoms with E-state index in [1.54, 1.807) is 24.3 Å². The molecule has 0 atom stereocenters. The van der Waals surface area contributed by atoms with Gasteiger partial charge in [-0.2, -0.15) is 0 Å². The van der Waals surface area contributed by atoms with E-state index in [1.165, 1.54) is 9.80 Å². The van der Waals surface area contributed by atoms with Gasteiger partial charge in [-0.1, -0.05) is 23.7 Å². The second-order valence-electron chi connectivity index (χ2n) is 4.89. The number of likely N-dealkylation sites (tertiary alicyclic amines) is 1. The molecule has 2 aliphatic heterocycles. The minimum absolute atomic E-state index is 0.0289. The van der Waals surface area contributed by atoms with Crippen LogP contribution in [0, 0.1) is 0 Å². The van der Waals surface area contributed by atoms with E-state index < -0.39 is 6.03 Å². The van der Waals surface area contributed by atoms with Crippen LogP contribution in [0.4, 0.5) is 15.3 Å². The molecule has 0 radical (unpaired) electrons. The molecule has 110 valence electrons. The zero-order valence-corrected chi connectivity index (χ0v) is 11.8. The molecule has 1 aromatic carbocycles. The predicted octanol–water partition coefficient (Wildman–Crippen LogP) is 1.11. The van der Waals surface area contributed by atoms with Crippen LogP contribution in [0.1, 0.15) is 0 Å². The lowest BCUT2D eigenvalue weighted by molar-refractivity contribution is -0.128. The summed E-state index contributed by atoms with van der Waals surface area (Å²) in [5.74, 6) is -0.254. The molecule has 2 heterocycles. The molecule has 0 unspecified atom stereocenters. The van der Waals surface area contributed by atoms with Crippen LogP contribution in [0.2, 0.25) is 5.02 Å². The van der Waals surface area contributed by atoms with E-state index in [0.717, 1.165) is 0 Å². The summed E-state index contributed by atoms with van der Waals surface area (Å²) < 4.78 is 0. The van der Waals surface area contributed by atoms with Crippen LogP contribution in [-0.4, -0.2) is 53.4 Å². The number of nitrogens with zero attached hydrogens (tertiary/aromatic N) is 2. The molecule has 21 heavy (non-hydrogen) atoms. The van der Waals surface area contributed by atoms with Gasteiger partial charge in [-0.15, -0.1) is 0 Å². The summed E-state index contributed by atoms with van der Waals surface area (Å²) in [5.41, 5.74) is 0.530. The summed E-state index contributed by atoms with van der Waals surface area (Å²) in [4.78, 5) is 37.7. The summed E-state index contributed by atoms with van der Waals surface area (Å²) >= 11 is 5.97. The number of para-hydroxylation sites is 1. The lowest BCUT2D eigenvalue weighted by Gasteiger charge is -2.42. The van der Waals surface area contributed by atoms with Crippen molar-refractivity contribution in [3.63, 3.8) is 0 Å². The fraction of sp³-hybridized carbons (Fsp3) is 0.308. The number of amides is 5. The van der Waals surface area contributed by atoms with Gasteiger partial charge in [0.1, 0.15) is 0 Å². The maximum absolute atomic E-state index is 12.0. The highest BCUT2D eigenvalue weighted by atomic mass is 35.5. The van der Waals surface area contributed by atoms with Crippen LogP contribution in [0.3, 0.4) is 0 Å². The number of carbonyl (C=O) groups is 3. The Morgan fingerprint density at radius 3 is 2.62 bits per heavy atom. The Balaban J connectivity index is 1.57. The summed E-state index contributed by atoms with van der Waals surface area (Å²) in [6, 6.07) is 5.99. The van der Waals surface area contributed by atoms with E-state index in [2.05, 4.69) is 10.6 Å². The molecule has 2 aliphatic rings. The van der Waals surface area contributed by atoms with Gasteiger partial charge >= 0.3 is 12.1 Å². The monoisotopic (exact) mass is 308 g/mol. The molecule has 2 fully saturated rings. The number of benzene rings is 1. The number of hydrogen-bond acceptors (Lipinski definition) is 3. The molecule has 2 N–H and O–H groups in total. The number of anilines is 1. The highest BCUT2D eigenvalue weighted by Gasteiger charge is 2.42. The van der Waals surface area contributed by atoms with E-state index in [1.807, 2.05) is 0 Å². The Labute approximate surface area is 125 Å². The average Bonchev–Trinajstić information content (AvgIpc) is 2.72. The maximum Gasteiger partial charge on any atom is 0.324 e. The van der Waals surface area contributed by atoms with Crippen molar-refractivity contribution >= 4 is 35.3 Å². The molecule has 7 nitrogen and oxygen atoms in total. The van der Waals surface area contributed by atoms with E-state index >= 15 is 0 Å². The van der Waals surface area contributed by atoms with Crippen molar-refractivity contribution in [1.82, 2.24) is 15.1 Å². The number of carbonyl (C=O) groups excluding carboxylic acids is 3. The van der Waals surface area contributed by atoms with Gasteiger partial charge in [0.2, 0.25) is 5.91 Å². The zero-order valence-electron chi connectivity index (χ0n) is 11.0. The SMILES string of the molecule is O=C(Nc1ccccc1Cl)N1CC(N2C(=O)CNC2=O)C1. The van der Waals surface area contributed by atoms with E-state index in [0.29, 0.717) is 23.8 Å². The van der Waals surface area contributed by atoms with Crippen molar-refractivity contribution in [1.29, 1.82) is 0 Å². The third-order valence-electron chi connectivity index (χ3n) is 3.51. The molecule has 3 rings (SSSR count). The molecule has 0 aliphatic carbocycles.